The molecular weight excluding hydrogens is 360 g/mol. The number of amides is 2. The number of nitrogens with zero attached hydrogens (tertiary/aromatic N) is 2. The van der Waals surface area contributed by atoms with Gasteiger partial charge in [-0.1, -0.05) is 29.8 Å². The van der Waals surface area contributed by atoms with Gasteiger partial charge in [-0.15, -0.1) is 11.8 Å². The first-order valence-corrected chi connectivity index (χ1v) is 10.0. The van der Waals surface area contributed by atoms with Crippen LogP contribution < -0.4 is 0 Å². The van der Waals surface area contributed by atoms with Crippen LogP contribution in [0.5, 0.6) is 0 Å². The first-order chi connectivity index (χ1) is 12.1. The largest absolute Gasteiger partial charge is 0.375 e. The van der Waals surface area contributed by atoms with E-state index >= 15 is 0 Å². The zero-order valence-corrected chi connectivity index (χ0v) is 15.9. The van der Waals surface area contributed by atoms with E-state index < -0.39 is 0 Å². The number of carbonyl (C=O) groups excluding carboxylic acids is 2. The van der Waals surface area contributed by atoms with E-state index in [0.717, 1.165) is 35.8 Å². The molecule has 0 radical (unpaired) electrons. The van der Waals surface area contributed by atoms with Gasteiger partial charge in [0.15, 0.2) is 0 Å². The highest BCUT2D eigenvalue weighted by Crippen LogP contribution is 2.32. The summed E-state index contributed by atoms with van der Waals surface area (Å²) in [5.74, 6) is 1.74. The zero-order chi connectivity index (χ0) is 17.8. The Morgan fingerprint density at radius 2 is 2.08 bits per heavy atom. The fourth-order valence-corrected chi connectivity index (χ4v) is 4.85. The first kappa shape index (κ1) is 18.5. The van der Waals surface area contributed by atoms with Crippen molar-refractivity contribution in [2.45, 2.75) is 18.2 Å². The van der Waals surface area contributed by atoms with Gasteiger partial charge >= 0.3 is 0 Å². The Labute approximate surface area is 157 Å². The maximum absolute atomic E-state index is 12.5. The molecule has 2 saturated heterocycles. The molecule has 0 spiro atoms. The predicted octanol–water partition coefficient (Wildman–Crippen LogP) is 2.28. The highest BCUT2D eigenvalue weighted by atomic mass is 35.5. The van der Waals surface area contributed by atoms with Crippen LogP contribution in [0.3, 0.4) is 0 Å². The van der Waals surface area contributed by atoms with Crippen LogP contribution in [-0.4, -0.2) is 66.8 Å². The van der Waals surface area contributed by atoms with E-state index in [2.05, 4.69) is 0 Å². The predicted molar refractivity (Wildman–Crippen MR) is 99.7 cm³/mol. The molecule has 3 rings (SSSR count). The van der Waals surface area contributed by atoms with Crippen LogP contribution >= 0.6 is 23.4 Å². The molecule has 2 aliphatic heterocycles. The summed E-state index contributed by atoms with van der Waals surface area (Å²) >= 11 is 7.73. The van der Waals surface area contributed by atoms with Gasteiger partial charge in [-0.3, -0.25) is 9.59 Å². The van der Waals surface area contributed by atoms with Crippen LogP contribution in [0, 0.1) is 5.92 Å². The Hall–Kier alpha value is -1.24. The maximum Gasteiger partial charge on any atom is 0.248 e. The lowest BCUT2D eigenvalue weighted by Gasteiger charge is -2.24. The number of halogens is 1. The van der Waals surface area contributed by atoms with Crippen molar-refractivity contribution in [3.05, 3.63) is 34.9 Å². The fraction of sp³-hybridized carbons (Fsp3) is 0.556. The number of fused-ring (bicyclic) bond motifs is 1. The van der Waals surface area contributed by atoms with Gasteiger partial charge in [-0.25, -0.2) is 0 Å². The van der Waals surface area contributed by atoms with Gasteiger partial charge in [-0.05, 0) is 18.1 Å². The number of rotatable bonds is 6. The lowest BCUT2D eigenvalue weighted by atomic mass is 10.1. The summed E-state index contributed by atoms with van der Waals surface area (Å²) in [5, 5.41) is 0.741. The molecule has 0 saturated carbocycles. The molecule has 136 valence electrons. The van der Waals surface area contributed by atoms with Crippen molar-refractivity contribution in [1.29, 1.82) is 0 Å². The summed E-state index contributed by atoms with van der Waals surface area (Å²) in [6, 6.07) is 7.87. The minimum absolute atomic E-state index is 0.0254. The van der Waals surface area contributed by atoms with Crippen molar-refractivity contribution in [2.75, 3.05) is 39.1 Å². The minimum Gasteiger partial charge on any atom is -0.375 e. The Morgan fingerprint density at radius 3 is 2.84 bits per heavy atom. The van der Waals surface area contributed by atoms with Crippen molar-refractivity contribution in [3.63, 3.8) is 0 Å². The molecule has 0 aromatic heterocycles. The van der Waals surface area contributed by atoms with Crippen molar-refractivity contribution < 1.29 is 14.3 Å². The molecule has 2 fully saturated rings. The standard InChI is InChI=1S/C18H23ClN2O3S/c1-24-10-17(22)21-7-6-13-8-20(9-16(13)21)18(23)12-25-11-14-4-2-3-5-15(14)19/h2-5,13,16H,6-12H2,1H3/t13-,16+/m0/s1. The lowest BCUT2D eigenvalue weighted by molar-refractivity contribution is -0.137. The molecule has 0 bridgehead atoms. The van der Waals surface area contributed by atoms with E-state index in [4.69, 9.17) is 16.3 Å². The molecule has 7 heteroatoms. The van der Waals surface area contributed by atoms with E-state index in [9.17, 15) is 9.59 Å². The summed E-state index contributed by atoms with van der Waals surface area (Å²) in [6.45, 7) is 2.30. The third-order valence-corrected chi connectivity index (χ3v) is 6.26. The number of thioether (sulfide) groups is 1. The number of likely N-dealkylation sites (tertiary alicyclic amines) is 2. The number of carbonyl (C=O) groups is 2. The van der Waals surface area contributed by atoms with Crippen LogP contribution in [0.1, 0.15) is 12.0 Å². The number of hydrogen-bond donors (Lipinski definition) is 0. The smallest absolute Gasteiger partial charge is 0.248 e. The molecule has 2 aliphatic rings. The Bertz CT molecular complexity index is 643. The van der Waals surface area contributed by atoms with Crippen molar-refractivity contribution in [3.8, 4) is 0 Å². The monoisotopic (exact) mass is 382 g/mol. The summed E-state index contributed by atoms with van der Waals surface area (Å²) in [6.07, 6.45) is 0.969. The highest BCUT2D eigenvalue weighted by Gasteiger charge is 2.44. The average Bonchev–Trinajstić information content (AvgIpc) is 3.17. The van der Waals surface area contributed by atoms with E-state index in [1.807, 2.05) is 34.1 Å². The van der Waals surface area contributed by atoms with E-state index in [1.54, 1.807) is 11.8 Å². The molecule has 0 unspecified atom stereocenters. The highest BCUT2D eigenvalue weighted by molar-refractivity contribution is 7.99. The number of hydrogen-bond acceptors (Lipinski definition) is 4. The molecule has 0 N–H and O–H groups in total. The van der Waals surface area contributed by atoms with Gasteiger partial charge in [-0.2, -0.15) is 0 Å². The van der Waals surface area contributed by atoms with E-state index in [0.29, 0.717) is 18.2 Å². The molecular formula is C18H23ClN2O3S. The Morgan fingerprint density at radius 1 is 1.28 bits per heavy atom. The molecule has 2 amide bonds. The van der Waals surface area contributed by atoms with Gasteiger partial charge in [0.2, 0.25) is 11.8 Å². The third kappa shape index (κ3) is 4.30. The number of ether oxygens (including phenoxy) is 1. The molecule has 25 heavy (non-hydrogen) atoms. The number of benzene rings is 1. The second kappa shape index (κ2) is 8.43. The molecule has 2 heterocycles. The summed E-state index contributed by atoms with van der Waals surface area (Å²) in [5.41, 5.74) is 1.05. The topological polar surface area (TPSA) is 49.9 Å². The van der Waals surface area contributed by atoms with Gasteiger partial charge in [0.05, 0.1) is 11.8 Å². The molecule has 0 aliphatic carbocycles. The SMILES string of the molecule is COCC(=O)N1CC[C@H]2CN(C(=O)CSCc3ccccc3Cl)C[C@H]21. The van der Waals surface area contributed by atoms with Crippen LogP contribution in [0.2, 0.25) is 5.02 Å². The second-order valence-corrected chi connectivity index (χ2v) is 7.91. The van der Waals surface area contributed by atoms with Crippen LogP contribution in [0.4, 0.5) is 0 Å². The number of methoxy groups -OCH3 is 1. The molecule has 1 aromatic carbocycles. The quantitative estimate of drug-likeness (QED) is 0.757. The summed E-state index contributed by atoms with van der Waals surface area (Å²) in [4.78, 5) is 28.4. The minimum atomic E-state index is 0.0254. The normalized spacial score (nSPS) is 22.3. The van der Waals surface area contributed by atoms with Crippen molar-refractivity contribution >= 4 is 35.2 Å². The zero-order valence-electron chi connectivity index (χ0n) is 14.3. The second-order valence-electron chi connectivity index (χ2n) is 6.52. The average molecular weight is 383 g/mol. The molecule has 2 atom stereocenters. The first-order valence-electron chi connectivity index (χ1n) is 8.47. The Balaban J connectivity index is 1.48. The Kier molecular flexibility index (Phi) is 6.25. The van der Waals surface area contributed by atoms with E-state index in [1.165, 1.54) is 7.11 Å². The molecule has 1 aromatic rings. The lowest BCUT2D eigenvalue weighted by Crippen LogP contribution is -2.42. The third-order valence-electron chi connectivity index (χ3n) is 4.93. The van der Waals surface area contributed by atoms with Crippen molar-refractivity contribution in [1.82, 2.24) is 9.80 Å². The van der Waals surface area contributed by atoms with Crippen LogP contribution in [0.25, 0.3) is 0 Å². The summed E-state index contributed by atoms with van der Waals surface area (Å²) in [7, 11) is 1.53. The van der Waals surface area contributed by atoms with Crippen LogP contribution in [-0.2, 0) is 20.1 Å². The molecule has 5 nitrogen and oxygen atoms in total. The maximum atomic E-state index is 12.5. The van der Waals surface area contributed by atoms with Gasteiger partial charge < -0.3 is 14.5 Å². The van der Waals surface area contributed by atoms with Crippen molar-refractivity contribution in [2.24, 2.45) is 5.92 Å². The van der Waals surface area contributed by atoms with Crippen LogP contribution in [0.15, 0.2) is 24.3 Å². The van der Waals surface area contributed by atoms with Gasteiger partial charge in [0.25, 0.3) is 0 Å². The van der Waals surface area contributed by atoms with Gasteiger partial charge in [0.1, 0.15) is 6.61 Å². The summed E-state index contributed by atoms with van der Waals surface area (Å²) < 4.78 is 4.96. The fourth-order valence-electron chi connectivity index (χ4n) is 3.64. The van der Waals surface area contributed by atoms with E-state index in [-0.39, 0.29) is 24.5 Å². The van der Waals surface area contributed by atoms with Gasteiger partial charge in [0, 0.05) is 43.4 Å².